The number of nitrogens with one attached hydrogen (secondary N) is 1. The zero-order chi connectivity index (χ0) is 9.36. The molecule has 0 atom stereocenters. The second kappa shape index (κ2) is 6.63. The number of hydrogen-bond donors (Lipinski definition) is 2. The Morgan fingerprint density at radius 2 is 1.85 bits per heavy atom. The summed E-state index contributed by atoms with van der Waals surface area (Å²) in [6, 6.07) is 10.3. The number of benzene rings is 1. The predicted octanol–water partition coefficient (Wildman–Crippen LogP) is 1.55. The van der Waals surface area contributed by atoms with E-state index in [4.69, 9.17) is 5.11 Å². The van der Waals surface area contributed by atoms with Crippen molar-refractivity contribution in [3.63, 3.8) is 0 Å². The van der Waals surface area contributed by atoms with Crippen LogP contribution in [0.2, 0.25) is 0 Å². The summed E-state index contributed by atoms with van der Waals surface area (Å²) >= 11 is 0. The smallest absolute Gasteiger partial charge is 0.0431 e. The Hall–Kier alpha value is -0.860. The van der Waals surface area contributed by atoms with Gasteiger partial charge in [0.15, 0.2) is 0 Å². The van der Waals surface area contributed by atoms with E-state index in [1.54, 1.807) is 0 Å². The lowest BCUT2D eigenvalue weighted by Crippen LogP contribution is -2.14. The summed E-state index contributed by atoms with van der Waals surface area (Å²) in [6.07, 6.45) is 1.94. The maximum atomic E-state index is 8.55. The Balaban J connectivity index is 2.07. The monoisotopic (exact) mass is 179 g/mol. The number of hydrogen-bond acceptors (Lipinski definition) is 2. The highest BCUT2D eigenvalue weighted by Crippen LogP contribution is 1.97. The molecule has 1 rings (SSSR count). The van der Waals surface area contributed by atoms with Crippen LogP contribution in [-0.4, -0.2) is 18.3 Å². The molecule has 0 radical (unpaired) electrons. The summed E-state index contributed by atoms with van der Waals surface area (Å²) in [5.41, 5.74) is 1.31. The van der Waals surface area contributed by atoms with E-state index in [0.29, 0.717) is 6.61 Å². The first-order valence-corrected chi connectivity index (χ1v) is 4.79. The molecular formula is C11H17NO. The average molecular weight is 179 g/mol. The van der Waals surface area contributed by atoms with Crippen LogP contribution in [0, 0.1) is 0 Å². The maximum absolute atomic E-state index is 8.55. The van der Waals surface area contributed by atoms with E-state index >= 15 is 0 Å². The van der Waals surface area contributed by atoms with Gasteiger partial charge < -0.3 is 10.4 Å². The van der Waals surface area contributed by atoms with Crippen LogP contribution in [0.3, 0.4) is 0 Å². The molecule has 0 saturated carbocycles. The van der Waals surface area contributed by atoms with Crippen molar-refractivity contribution < 1.29 is 5.11 Å². The van der Waals surface area contributed by atoms with Gasteiger partial charge in [0.25, 0.3) is 0 Å². The molecule has 0 aliphatic rings. The van der Waals surface area contributed by atoms with Crippen molar-refractivity contribution in [2.24, 2.45) is 0 Å². The van der Waals surface area contributed by atoms with Gasteiger partial charge in [-0.2, -0.15) is 0 Å². The molecule has 0 aliphatic heterocycles. The normalized spacial score (nSPS) is 10.2. The topological polar surface area (TPSA) is 32.3 Å². The maximum Gasteiger partial charge on any atom is 0.0431 e. The highest BCUT2D eigenvalue weighted by molar-refractivity contribution is 5.14. The van der Waals surface area contributed by atoms with Crippen LogP contribution in [0.4, 0.5) is 0 Å². The Bertz CT molecular complexity index is 211. The number of unbranched alkanes of at least 4 members (excludes halogenated alkanes) is 1. The summed E-state index contributed by atoms with van der Waals surface area (Å²) in [6.45, 7) is 2.20. The van der Waals surface area contributed by atoms with Crippen LogP contribution in [0.5, 0.6) is 0 Å². The molecule has 13 heavy (non-hydrogen) atoms. The van der Waals surface area contributed by atoms with Crippen molar-refractivity contribution in [1.82, 2.24) is 5.32 Å². The second-order valence-corrected chi connectivity index (χ2v) is 3.09. The van der Waals surface area contributed by atoms with Crippen molar-refractivity contribution in [3.05, 3.63) is 35.9 Å². The number of aliphatic hydroxyl groups excluding tert-OH is 1. The minimum atomic E-state index is 0.299. The van der Waals surface area contributed by atoms with Crippen LogP contribution in [-0.2, 0) is 6.54 Å². The highest BCUT2D eigenvalue weighted by Gasteiger charge is 1.90. The van der Waals surface area contributed by atoms with Crippen molar-refractivity contribution in [1.29, 1.82) is 0 Å². The van der Waals surface area contributed by atoms with Gasteiger partial charge in [0.1, 0.15) is 0 Å². The Morgan fingerprint density at radius 3 is 2.54 bits per heavy atom. The molecule has 0 fully saturated rings. The van der Waals surface area contributed by atoms with E-state index in [1.807, 2.05) is 18.2 Å². The molecule has 0 aromatic heterocycles. The van der Waals surface area contributed by atoms with Crippen LogP contribution in [0.1, 0.15) is 18.4 Å². The molecular weight excluding hydrogens is 162 g/mol. The van der Waals surface area contributed by atoms with E-state index in [1.165, 1.54) is 5.56 Å². The molecule has 0 amide bonds. The summed E-state index contributed by atoms with van der Waals surface area (Å²) in [7, 11) is 0. The fourth-order valence-electron chi connectivity index (χ4n) is 1.19. The van der Waals surface area contributed by atoms with Crippen molar-refractivity contribution in [2.75, 3.05) is 13.2 Å². The zero-order valence-electron chi connectivity index (χ0n) is 7.87. The summed E-state index contributed by atoms with van der Waals surface area (Å²) in [4.78, 5) is 0. The van der Waals surface area contributed by atoms with Gasteiger partial charge in [-0.05, 0) is 24.9 Å². The fraction of sp³-hybridized carbons (Fsp3) is 0.455. The van der Waals surface area contributed by atoms with Crippen LogP contribution in [0.25, 0.3) is 0 Å². The molecule has 0 spiro atoms. The summed E-state index contributed by atoms with van der Waals surface area (Å²) < 4.78 is 0. The van der Waals surface area contributed by atoms with Gasteiger partial charge in [-0.25, -0.2) is 0 Å². The molecule has 2 heteroatoms. The number of aliphatic hydroxyl groups is 1. The van der Waals surface area contributed by atoms with Crippen LogP contribution >= 0.6 is 0 Å². The minimum absolute atomic E-state index is 0.299. The lowest BCUT2D eigenvalue weighted by molar-refractivity contribution is 0.283. The van der Waals surface area contributed by atoms with Gasteiger partial charge >= 0.3 is 0 Å². The van der Waals surface area contributed by atoms with Gasteiger partial charge in [-0.3, -0.25) is 0 Å². The molecule has 0 bridgehead atoms. The minimum Gasteiger partial charge on any atom is -0.396 e. The third-order valence-corrected chi connectivity index (χ3v) is 1.93. The van der Waals surface area contributed by atoms with Gasteiger partial charge in [-0.15, -0.1) is 0 Å². The van der Waals surface area contributed by atoms with Gasteiger partial charge in [0.05, 0.1) is 0 Å². The van der Waals surface area contributed by atoms with Gasteiger partial charge in [-0.1, -0.05) is 30.3 Å². The SMILES string of the molecule is OCCCCNCc1ccccc1. The third kappa shape index (κ3) is 4.65. The van der Waals surface area contributed by atoms with E-state index in [0.717, 1.165) is 25.9 Å². The van der Waals surface area contributed by atoms with Crippen LogP contribution in [0.15, 0.2) is 30.3 Å². The first-order valence-electron chi connectivity index (χ1n) is 4.79. The fourth-order valence-corrected chi connectivity index (χ4v) is 1.19. The zero-order valence-corrected chi connectivity index (χ0v) is 7.87. The molecule has 2 nitrogen and oxygen atoms in total. The predicted molar refractivity (Wildman–Crippen MR) is 54.5 cm³/mol. The largest absolute Gasteiger partial charge is 0.396 e. The molecule has 0 unspecified atom stereocenters. The molecule has 0 saturated heterocycles. The van der Waals surface area contributed by atoms with Crippen molar-refractivity contribution in [2.45, 2.75) is 19.4 Å². The lowest BCUT2D eigenvalue weighted by Gasteiger charge is -2.03. The first-order chi connectivity index (χ1) is 6.43. The highest BCUT2D eigenvalue weighted by atomic mass is 16.2. The molecule has 2 N–H and O–H groups in total. The van der Waals surface area contributed by atoms with Gasteiger partial charge in [0, 0.05) is 13.2 Å². The molecule has 1 aromatic rings. The van der Waals surface area contributed by atoms with Gasteiger partial charge in [0.2, 0.25) is 0 Å². The lowest BCUT2D eigenvalue weighted by atomic mass is 10.2. The Kier molecular flexibility index (Phi) is 5.22. The Labute approximate surface area is 79.6 Å². The van der Waals surface area contributed by atoms with Crippen LogP contribution < -0.4 is 5.32 Å². The van der Waals surface area contributed by atoms with Crippen molar-refractivity contribution >= 4 is 0 Å². The average Bonchev–Trinajstić information content (AvgIpc) is 2.19. The first kappa shape index (κ1) is 10.2. The summed E-state index contributed by atoms with van der Waals surface area (Å²) in [5, 5.41) is 11.9. The van der Waals surface area contributed by atoms with E-state index in [-0.39, 0.29) is 0 Å². The molecule has 0 heterocycles. The standard InChI is InChI=1S/C11H17NO/c13-9-5-4-8-12-10-11-6-2-1-3-7-11/h1-3,6-7,12-13H,4-5,8-10H2. The van der Waals surface area contributed by atoms with E-state index in [2.05, 4.69) is 17.4 Å². The quantitative estimate of drug-likeness (QED) is 0.649. The Morgan fingerprint density at radius 1 is 1.08 bits per heavy atom. The molecule has 1 aromatic carbocycles. The third-order valence-electron chi connectivity index (χ3n) is 1.93. The molecule has 0 aliphatic carbocycles. The van der Waals surface area contributed by atoms with Crippen molar-refractivity contribution in [3.8, 4) is 0 Å². The summed E-state index contributed by atoms with van der Waals surface area (Å²) in [5.74, 6) is 0. The van der Waals surface area contributed by atoms with E-state index < -0.39 is 0 Å². The number of rotatable bonds is 6. The molecule has 72 valence electrons. The van der Waals surface area contributed by atoms with E-state index in [9.17, 15) is 0 Å². The second-order valence-electron chi connectivity index (χ2n) is 3.09.